The van der Waals surface area contributed by atoms with Gasteiger partial charge in [-0.1, -0.05) is 13.8 Å². The standard InChI is InChI=1S/C12H23N5/c1-12(2,9-17(4)5)8-15-11-7-14-6-10(13-3)16-11/h6-7H,8-9H2,1-5H3,(H2,13,15,16). The molecule has 0 saturated carbocycles. The lowest BCUT2D eigenvalue weighted by Crippen LogP contribution is -2.34. The van der Waals surface area contributed by atoms with Crippen molar-refractivity contribution in [2.75, 3.05) is 44.9 Å². The van der Waals surface area contributed by atoms with Crippen molar-refractivity contribution in [3.05, 3.63) is 12.4 Å². The highest BCUT2D eigenvalue weighted by atomic mass is 15.1. The first kappa shape index (κ1) is 13.7. The molecular formula is C12H23N5. The number of anilines is 2. The molecule has 1 rings (SSSR count). The summed E-state index contributed by atoms with van der Waals surface area (Å²) in [6, 6.07) is 0. The highest BCUT2D eigenvalue weighted by Crippen LogP contribution is 2.17. The molecule has 1 aromatic rings. The van der Waals surface area contributed by atoms with E-state index in [1.54, 1.807) is 12.4 Å². The van der Waals surface area contributed by atoms with Crippen LogP contribution >= 0.6 is 0 Å². The number of rotatable bonds is 6. The van der Waals surface area contributed by atoms with Crippen molar-refractivity contribution in [2.24, 2.45) is 5.41 Å². The van der Waals surface area contributed by atoms with Crippen LogP contribution in [0.15, 0.2) is 12.4 Å². The Morgan fingerprint density at radius 1 is 1.24 bits per heavy atom. The van der Waals surface area contributed by atoms with Crippen LogP contribution in [0.1, 0.15) is 13.8 Å². The van der Waals surface area contributed by atoms with Crippen LogP contribution in [0.2, 0.25) is 0 Å². The summed E-state index contributed by atoms with van der Waals surface area (Å²) in [4.78, 5) is 10.7. The number of nitrogens with one attached hydrogen (secondary N) is 2. The van der Waals surface area contributed by atoms with Crippen LogP contribution in [-0.4, -0.2) is 49.1 Å². The summed E-state index contributed by atoms with van der Waals surface area (Å²) < 4.78 is 0. The molecule has 0 bridgehead atoms. The summed E-state index contributed by atoms with van der Waals surface area (Å²) in [5, 5.41) is 6.30. The summed E-state index contributed by atoms with van der Waals surface area (Å²) in [5.41, 5.74) is 0.195. The quantitative estimate of drug-likeness (QED) is 0.785. The summed E-state index contributed by atoms with van der Waals surface area (Å²) in [5.74, 6) is 1.59. The van der Waals surface area contributed by atoms with Gasteiger partial charge in [-0.2, -0.15) is 0 Å². The van der Waals surface area contributed by atoms with E-state index in [0.717, 1.165) is 24.7 Å². The minimum Gasteiger partial charge on any atom is -0.372 e. The number of aromatic nitrogens is 2. The van der Waals surface area contributed by atoms with Gasteiger partial charge in [-0.3, -0.25) is 4.98 Å². The normalized spacial score (nSPS) is 11.6. The largest absolute Gasteiger partial charge is 0.372 e. The summed E-state index contributed by atoms with van der Waals surface area (Å²) in [6.45, 7) is 6.36. The van der Waals surface area contributed by atoms with Crippen LogP contribution in [0.3, 0.4) is 0 Å². The zero-order valence-corrected chi connectivity index (χ0v) is 11.4. The molecule has 2 N–H and O–H groups in total. The second-order valence-corrected chi connectivity index (χ2v) is 5.30. The molecule has 5 nitrogen and oxygen atoms in total. The van der Waals surface area contributed by atoms with Gasteiger partial charge in [0.25, 0.3) is 0 Å². The molecule has 96 valence electrons. The average molecular weight is 237 g/mol. The van der Waals surface area contributed by atoms with Gasteiger partial charge >= 0.3 is 0 Å². The minimum atomic E-state index is 0.195. The van der Waals surface area contributed by atoms with Gasteiger partial charge in [0.1, 0.15) is 11.6 Å². The molecule has 0 atom stereocenters. The smallest absolute Gasteiger partial charge is 0.146 e. The molecule has 1 heterocycles. The molecule has 5 heteroatoms. The molecule has 0 aliphatic rings. The molecule has 0 aromatic carbocycles. The molecule has 0 unspecified atom stereocenters. The molecule has 0 fully saturated rings. The molecule has 0 aliphatic heterocycles. The van der Waals surface area contributed by atoms with Crippen molar-refractivity contribution in [3.63, 3.8) is 0 Å². The highest BCUT2D eigenvalue weighted by Gasteiger charge is 2.18. The Kier molecular flexibility index (Phi) is 4.69. The number of nitrogens with zero attached hydrogens (tertiary/aromatic N) is 3. The van der Waals surface area contributed by atoms with E-state index in [1.807, 2.05) is 7.05 Å². The van der Waals surface area contributed by atoms with Gasteiger partial charge in [0.2, 0.25) is 0 Å². The fourth-order valence-electron chi connectivity index (χ4n) is 1.81. The molecule has 0 saturated heterocycles. The van der Waals surface area contributed by atoms with Gasteiger partial charge in [0.05, 0.1) is 12.4 Å². The van der Waals surface area contributed by atoms with E-state index in [1.165, 1.54) is 0 Å². The van der Waals surface area contributed by atoms with Gasteiger partial charge in [0.15, 0.2) is 0 Å². The van der Waals surface area contributed by atoms with Crippen molar-refractivity contribution < 1.29 is 0 Å². The second-order valence-electron chi connectivity index (χ2n) is 5.30. The van der Waals surface area contributed by atoms with Crippen molar-refractivity contribution in [3.8, 4) is 0 Å². The van der Waals surface area contributed by atoms with E-state index in [4.69, 9.17) is 0 Å². The van der Waals surface area contributed by atoms with E-state index in [0.29, 0.717) is 0 Å². The second kappa shape index (κ2) is 5.82. The number of hydrogen-bond acceptors (Lipinski definition) is 5. The summed E-state index contributed by atoms with van der Waals surface area (Å²) in [7, 11) is 6.01. The van der Waals surface area contributed by atoms with Crippen LogP contribution in [0.25, 0.3) is 0 Å². The Morgan fingerprint density at radius 3 is 2.47 bits per heavy atom. The van der Waals surface area contributed by atoms with Gasteiger partial charge in [-0.05, 0) is 19.5 Å². The highest BCUT2D eigenvalue weighted by molar-refractivity contribution is 5.41. The molecule has 0 radical (unpaired) electrons. The minimum absolute atomic E-state index is 0.195. The van der Waals surface area contributed by atoms with Gasteiger partial charge in [0, 0.05) is 20.1 Å². The molecule has 0 aliphatic carbocycles. The lowest BCUT2D eigenvalue weighted by atomic mass is 9.93. The Morgan fingerprint density at radius 2 is 1.88 bits per heavy atom. The summed E-state index contributed by atoms with van der Waals surface area (Å²) in [6.07, 6.45) is 3.45. The lowest BCUT2D eigenvalue weighted by Gasteiger charge is -2.28. The maximum absolute atomic E-state index is 4.38. The van der Waals surface area contributed by atoms with E-state index >= 15 is 0 Å². The van der Waals surface area contributed by atoms with E-state index < -0.39 is 0 Å². The SMILES string of the molecule is CNc1cncc(NCC(C)(C)CN(C)C)n1. The maximum atomic E-state index is 4.38. The van der Waals surface area contributed by atoms with Crippen molar-refractivity contribution in [2.45, 2.75) is 13.8 Å². The predicted octanol–water partition coefficient (Wildman–Crippen LogP) is 1.52. The van der Waals surface area contributed by atoms with Crippen molar-refractivity contribution in [1.82, 2.24) is 14.9 Å². The first-order chi connectivity index (χ1) is 7.93. The van der Waals surface area contributed by atoms with Gasteiger partial charge in [-0.25, -0.2) is 4.98 Å². The van der Waals surface area contributed by atoms with E-state index in [9.17, 15) is 0 Å². The van der Waals surface area contributed by atoms with Crippen LogP contribution in [0, 0.1) is 5.41 Å². The third kappa shape index (κ3) is 4.99. The van der Waals surface area contributed by atoms with E-state index in [2.05, 4.69) is 53.4 Å². The maximum Gasteiger partial charge on any atom is 0.146 e. The van der Waals surface area contributed by atoms with Crippen LogP contribution in [-0.2, 0) is 0 Å². The molecular weight excluding hydrogens is 214 g/mol. The molecule has 0 amide bonds. The van der Waals surface area contributed by atoms with Crippen molar-refractivity contribution in [1.29, 1.82) is 0 Å². The van der Waals surface area contributed by atoms with Crippen LogP contribution in [0.4, 0.5) is 11.6 Å². The third-order valence-corrected chi connectivity index (χ3v) is 2.38. The zero-order chi connectivity index (χ0) is 12.9. The number of hydrogen-bond donors (Lipinski definition) is 2. The monoisotopic (exact) mass is 237 g/mol. The van der Waals surface area contributed by atoms with Crippen molar-refractivity contribution >= 4 is 11.6 Å². The Hall–Kier alpha value is -1.36. The Bertz CT molecular complexity index is 349. The Balaban J connectivity index is 2.54. The topological polar surface area (TPSA) is 53.1 Å². The fourth-order valence-corrected chi connectivity index (χ4v) is 1.81. The summed E-state index contributed by atoms with van der Waals surface area (Å²) >= 11 is 0. The van der Waals surface area contributed by atoms with Crippen LogP contribution < -0.4 is 10.6 Å². The lowest BCUT2D eigenvalue weighted by molar-refractivity contribution is 0.254. The first-order valence-electron chi connectivity index (χ1n) is 5.81. The zero-order valence-electron chi connectivity index (χ0n) is 11.4. The van der Waals surface area contributed by atoms with E-state index in [-0.39, 0.29) is 5.41 Å². The average Bonchev–Trinajstić information content (AvgIpc) is 2.25. The fraction of sp³-hybridized carbons (Fsp3) is 0.667. The predicted molar refractivity (Wildman–Crippen MR) is 72.4 cm³/mol. The molecule has 1 aromatic heterocycles. The first-order valence-corrected chi connectivity index (χ1v) is 5.81. The van der Waals surface area contributed by atoms with Gasteiger partial charge < -0.3 is 15.5 Å². The molecule has 0 spiro atoms. The Labute approximate surface area is 104 Å². The molecule has 17 heavy (non-hydrogen) atoms. The third-order valence-electron chi connectivity index (χ3n) is 2.38. The van der Waals surface area contributed by atoms with Crippen LogP contribution in [0.5, 0.6) is 0 Å². The van der Waals surface area contributed by atoms with Gasteiger partial charge in [-0.15, -0.1) is 0 Å².